The van der Waals surface area contributed by atoms with E-state index in [9.17, 15) is 14.4 Å². The number of hydrogen-bond acceptors (Lipinski definition) is 5. The number of carbonyl (C=O) groups excluding carboxylic acids is 3. The molecule has 142 valence electrons. The van der Waals surface area contributed by atoms with E-state index in [0.29, 0.717) is 22.5 Å². The van der Waals surface area contributed by atoms with Gasteiger partial charge >= 0.3 is 5.97 Å². The average molecular weight is 389 g/mol. The zero-order chi connectivity index (χ0) is 20.1. The van der Waals surface area contributed by atoms with E-state index in [1.54, 1.807) is 58.0 Å². The van der Waals surface area contributed by atoms with Crippen molar-refractivity contribution < 1.29 is 19.1 Å². The number of aromatic nitrogens is 1. The van der Waals surface area contributed by atoms with Crippen molar-refractivity contribution in [3.63, 3.8) is 0 Å². The van der Waals surface area contributed by atoms with Crippen molar-refractivity contribution >= 4 is 34.9 Å². The van der Waals surface area contributed by atoms with Gasteiger partial charge in [0, 0.05) is 22.9 Å². The van der Waals surface area contributed by atoms with Crippen molar-refractivity contribution in [2.24, 2.45) is 5.92 Å². The number of rotatable bonds is 6. The smallest absolute Gasteiger partial charge is 0.342 e. The lowest BCUT2D eigenvalue weighted by Gasteiger charge is -2.10. The summed E-state index contributed by atoms with van der Waals surface area (Å²) in [6, 6.07) is 8.10. The molecule has 0 saturated carbocycles. The van der Waals surface area contributed by atoms with Crippen LogP contribution in [0.15, 0.2) is 30.3 Å². The number of anilines is 1. The zero-order valence-electron chi connectivity index (χ0n) is 15.6. The Morgan fingerprint density at radius 1 is 1.15 bits per heavy atom. The van der Waals surface area contributed by atoms with Crippen molar-refractivity contribution in [3.05, 3.63) is 57.9 Å². The summed E-state index contributed by atoms with van der Waals surface area (Å²) in [5, 5.41) is 2.79. The lowest BCUT2D eigenvalue weighted by atomic mass is 10.1. The van der Waals surface area contributed by atoms with Gasteiger partial charge in [-0.3, -0.25) is 9.59 Å². The standard InChI is InChI=1S/C20H21ClN2O4/c1-11(2)19(25)23-15-7-5-14(6-8-15)16(24)10-27-20(26)17-12(3)9-13(4)22-18(17)21/h5-9,11H,10H2,1-4H3,(H,23,25). The summed E-state index contributed by atoms with van der Waals surface area (Å²) >= 11 is 6.01. The van der Waals surface area contributed by atoms with Crippen LogP contribution in [0.3, 0.4) is 0 Å². The molecule has 0 aliphatic heterocycles. The zero-order valence-corrected chi connectivity index (χ0v) is 16.4. The molecule has 1 aromatic heterocycles. The number of ketones is 1. The van der Waals surface area contributed by atoms with E-state index < -0.39 is 12.6 Å². The third-order valence-electron chi connectivity index (χ3n) is 3.84. The number of ether oxygens (including phenoxy) is 1. The largest absolute Gasteiger partial charge is 0.454 e. The summed E-state index contributed by atoms with van der Waals surface area (Å²) in [6.07, 6.45) is 0. The summed E-state index contributed by atoms with van der Waals surface area (Å²) in [5.41, 5.74) is 2.44. The maximum Gasteiger partial charge on any atom is 0.342 e. The van der Waals surface area contributed by atoms with E-state index in [1.165, 1.54) is 0 Å². The molecule has 1 aromatic carbocycles. The fourth-order valence-electron chi connectivity index (χ4n) is 2.35. The molecule has 0 unspecified atom stereocenters. The third kappa shape index (κ3) is 5.37. The Kier molecular flexibility index (Phi) is 6.69. The lowest BCUT2D eigenvalue weighted by molar-refractivity contribution is -0.118. The third-order valence-corrected chi connectivity index (χ3v) is 4.11. The van der Waals surface area contributed by atoms with Gasteiger partial charge in [0.15, 0.2) is 12.4 Å². The number of pyridine rings is 1. The molecule has 2 rings (SSSR count). The van der Waals surface area contributed by atoms with Crippen LogP contribution >= 0.6 is 11.6 Å². The van der Waals surface area contributed by atoms with Crippen LogP contribution in [0.4, 0.5) is 5.69 Å². The number of halogens is 1. The first-order valence-electron chi connectivity index (χ1n) is 8.44. The monoisotopic (exact) mass is 388 g/mol. The van der Waals surface area contributed by atoms with E-state index in [-0.39, 0.29) is 28.3 Å². The number of amides is 1. The molecular weight excluding hydrogens is 368 g/mol. The first-order chi connectivity index (χ1) is 12.7. The predicted molar refractivity (Wildman–Crippen MR) is 103 cm³/mol. The Hall–Kier alpha value is -2.73. The summed E-state index contributed by atoms with van der Waals surface area (Å²) in [5.74, 6) is -1.31. The summed E-state index contributed by atoms with van der Waals surface area (Å²) in [4.78, 5) is 40.2. The highest BCUT2D eigenvalue weighted by Gasteiger charge is 2.18. The fourth-order valence-corrected chi connectivity index (χ4v) is 2.71. The minimum absolute atomic E-state index is 0.0511. The number of nitrogens with one attached hydrogen (secondary N) is 1. The minimum Gasteiger partial charge on any atom is -0.454 e. The average Bonchev–Trinajstić information content (AvgIpc) is 2.59. The Balaban J connectivity index is 1.99. The Labute approximate surface area is 162 Å². The van der Waals surface area contributed by atoms with Crippen molar-refractivity contribution in [1.82, 2.24) is 4.98 Å². The van der Waals surface area contributed by atoms with Crippen LogP contribution in [-0.2, 0) is 9.53 Å². The van der Waals surface area contributed by atoms with Crippen molar-refractivity contribution in [2.75, 3.05) is 11.9 Å². The topological polar surface area (TPSA) is 85.4 Å². The molecule has 0 fully saturated rings. The number of nitrogens with zero attached hydrogens (tertiary/aromatic N) is 1. The van der Waals surface area contributed by atoms with Crippen LogP contribution < -0.4 is 5.32 Å². The number of Topliss-reactive ketones (excluding diaryl/α,β-unsaturated/α-hetero) is 1. The van der Waals surface area contributed by atoms with Gasteiger partial charge in [-0.25, -0.2) is 9.78 Å². The van der Waals surface area contributed by atoms with Gasteiger partial charge in [-0.1, -0.05) is 25.4 Å². The summed E-state index contributed by atoms with van der Waals surface area (Å²) in [7, 11) is 0. The van der Waals surface area contributed by atoms with Gasteiger partial charge in [0.2, 0.25) is 5.91 Å². The van der Waals surface area contributed by atoms with Crippen LogP contribution in [0.25, 0.3) is 0 Å². The molecule has 0 spiro atoms. The van der Waals surface area contributed by atoms with Crippen LogP contribution in [0.1, 0.15) is 45.8 Å². The van der Waals surface area contributed by atoms with Gasteiger partial charge in [0.25, 0.3) is 0 Å². The van der Waals surface area contributed by atoms with Crippen molar-refractivity contribution in [2.45, 2.75) is 27.7 Å². The van der Waals surface area contributed by atoms with Gasteiger partial charge < -0.3 is 10.1 Å². The number of carbonyl (C=O) groups is 3. The molecule has 1 N–H and O–H groups in total. The molecule has 27 heavy (non-hydrogen) atoms. The van der Waals surface area contributed by atoms with Gasteiger partial charge in [-0.2, -0.15) is 0 Å². The van der Waals surface area contributed by atoms with Gasteiger partial charge in [-0.05, 0) is 49.7 Å². The first-order valence-corrected chi connectivity index (χ1v) is 8.81. The molecule has 0 aliphatic carbocycles. The van der Waals surface area contributed by atoms with Gasteiger partial charge in [0.1, 0.15) is 5.15 Å². The van der Waals surface area contributed by atoms with Crippen LogP contribution in [0.2, 0.25) is 5.15 Å². The van der Waals surface area contributed by atoms with E-state index in [1.807, 2.05) is 0 Å². The maximum absolute atomic E-state index is 12.2. The molecule has 0 radical (unpaired) electrons. The van der Waals surface area contributed by atoms with E-state index in [4.69, 9.17) is 16.3 Å². The highest BCUT2D eigenvalue weighted by atomic mass is 35.5. The van der Waals surface area contributed by atoms with Gasteiger partial charge in [-0.15, -0.1) is 0 Å². The summed E-state index contributed by atoms with van der Waals surface area (Å²) < 4.78 is 5.09. The highest BCUT2D eigenvalue weighted by molar-refractivity contribution is 6.32. The number of aryl methyl sites for hydroxylation is 2. The normalized spacial score (nSPS) is 10.6. The molecule has 0 saturated heterocycles. The van der Waals surface area contributed by atoms with E-state index in [0.717, 1.165) is 0 Å². The molecule has 6 nitrogen and oxygen atoms in total. The Bertz CT molecular complexity index is 853. The van der Waals surface area contributed by atoms with Crippen molar-refractivity contribution in [1.29, 1.82) is 0 Å². The molecule has 1 heterocycles. The molecule has 0 atom stereocenters. The summed E-state index contributed by atoms with van der Waals surface area (Å²) in [6.45, 7) is 6.66. The molecule has 2 aromatic rings. The SMILES string of the molecule is Cc1cc(C)c(C(=O)OCC(=O)c2ccc(NC(=O)C(C)C)cc2)c(Cl)n1. The molecule has 7 heteroatoms. The van der Waals surface area contributed by atoms with E-state index >= 15 is 0 Å². The predicted octanol–water partition coefficient (Wildman–Crippen LogP) is 3.99. The second-order valence-corrected chi connectivity index (χ2v) is 6.82. The fraction of sp³-hybridized carbons (Fsp3) is 0.300. The first kappa shape index (κ1) is 20.6. The maximum atomic E-state index is 12.2. The Morgan fingerprint density at radius 2 is 1.78 bits per heavy atom. The second-order valence-electron chi connectivity index (χ2n) is 6.47. The number of hydrogen-bond donors (Lipinski definition) is 1. The quantitative estimate of drug-likeness (QED) is 0.459. The van der Waals surface area contributed by atoms with E-state index in [2.05, 4.69) is 10.3 Å². The Morgan fingerprint density at radius 3 is 2.33 bits per heavy atom. The number of benzene rings is 1. The molecule has 0 bridgehead atoms. The van der Waals surface area contributed by atoms with Crippen LogP contribution in [0.5, 0.6) is 0 Å². The molecule has 1 amide bonds. The highest BCUT2D eigenvalue weighted by Crippen LogP contribution is 2.20. The minimum atomic E-state index is -0.695. The molecule has 0 aliphatic rings. The number of esters is 1. The van der Waals surface area contributed by atoms with Crippen molar-refractivity contribution in [3.8, 4) is 0 Å². The lowest BCUT2D eigenvalue weighted by Crippen LogP contribution is -2.18. The van der Waals surface area contributed by atoms with Crippen LogP contribution in [-0.4, -0.2) is 29.3 Å². The van der Waals surface area contributed by atoms with Gasteiger partial charge in [0.05, 0.1) is 5.56 Å². The molecular formula is C20H21ClN2O4. The van der Waals surface area contributed by atoms with Crippen LogP contribution in [0, 0.1) is 19.8 Å². The second kappa shape index (κ2) is 8.77.